The maximum absolute atomic E-state index is 6.39. The van der Waals surface area contributed by atoms with E-state index in [9.17, 15) is 0 Å². The third-order valence-corrected chi connectivity index (χ3v) is 7.80. The Balaban J connectivity index is 1.21. The Morgan fingerprint density at radius 2 is 1.62 bits per heavy atom. The van der Waals surface area contributed by atoms with Gasteiger partial charge in [-0.25, -0.2) is 0 Å². The van der Waals surface area contributed by atoms with Crippen LogP contribution in [0.15, 0.2) is 66.9 Å². The molecule has 40 heavy (non-hydrogen) atoms. The van der Waals surface area contributed by atoms with E-state index in [1.165, 1.54) is 5.56 Å². The summed E-state index contributed by atoms with van der Waals surface area (Å²) in [4.78, 5) is 6.98. The van der Waals surface area contributed by atoms with Gasteiger partial charge >= 0.3 is 0 Å². The number of fused-ring (bicyclic) bond motifs is 1. The van der Waals surface area contributed by atoms with Crippen molar-refractivity contribution in [2.75, 3.05) is 32.6 Å². The number of anilines is 1. The van der Waals surface area contributed by atoms with Crippen molar-refractivity contribution in [2.45, 2.75) is 39.3 Å². The number of ether oxygens (including phenoxy) is 3. The van der Waals surface area contributed by atoms with Crippen LogP contribution in [0.4, 0.5) is 5.69 Å². The molecule has 8 heteroatoms. The third-order valence-electron chi connectivity index (χ3n) is 7.58. The number of aromatic nitrogens is 1. The summed E-state index contributed by atoms with van der Waals surface area (Å²) in [6, 6.07) is 20.6. The fourth-order valence-electron chi connectivity index (χ4n) is 5.12. The van der Waals surface area contributed by atoms with Crippen LogP contribution in [0.3, 0.4) is 0 Å². The summed E-state index contributed by atoms with van der Waals surface area (Å²) >= 11 is 5.69. The molecule has 0 amide bonds. The number of methoxy groups -OCH3 is 2. The average Bonchev–Trinajstić information content (AvgIpc) is 2.98. The Labute approximate surface area is 241 Å². The number of nitrogens with one attached hydrogen (secondary N) is 2. The van der Waals surface area contributed by atoms with Gasteiger partial charge in [0.25, 0.3) is 0 Å². The third kappa shape index (κ3) is 6.29. The number of hydrogen-bond acceptors (Lipinski definition) is 6. The lowest BCUT2D eigenvalue weighted by atomic mass is 10.0. The van der Waals surface area contributed by atoms with Gasteiger partial charge in [-0.1, -0.05) is 30.3 Å². The van der Waals surface area contributed by atoms with E-state index in [2.05, 4.69) is 64.7 Å². The minimum Gasteiger partial charge on any atom is -0.493 e. The van der Waals surface area contributed by atoms with Crippen molar-refractivity contribution >= 4 is 33.9 Å². The van der Waals surface area contributed by atoms with E-state index in [4.69, 9.17) is 26.4 Å². The predicted molar refractivity (Wildman–Crippen MR) is 165 cm³/mol. The monoisotopic (exact) mass is 556 g/mol. The molecule has 1 saturated heterocycles. The molecule has 3 aromatic carbocycles. The first-order chi connectivity index (χ1) is 19.4. The lowest BCUT2D eigenvalue weighted by Crippen LogP contribution is -2.45. The van der Waals surface area contributed by atoms with Crippen LogP contribution in [-0.4, -0.2) is 48.3 Å². The predicted octanol–water partition coefficient (Wildman–Crippen LogP) is 6.61. The largest absolute Gasteiger partial charge is 0.493 e. The van der Waals surface area contributed by atoms with Gasteiger partial charge in [-0.2, -0.15) is 0 Å². The van der Waals surface area contributed by atoms with E-state index in [1.54, 1.807) is 20.4 Å². The summed E-state index contributed by atoms with van der Waals surface area (Å²) < 4.78 is 17.3. The van der Waals surface area contributed by atoms with Crippen molar-refractivity contribution in [3.8, 4) is 23.0 Å². The molecular weight excluding hydrogens is 520 g/mol. The van der Waals surface area contributed by atoms with Gasteiger partial charge in [0, 0.05) is 49.0 Å². The Morgan fingerprint density at radius 1 is 0.900 bits per heavy atom. The summed E-state index contributed by atoms with van der Waals surface area (Å²) in [6.07, 6.45) is 3.87. The van der Waals surface area contributed by atoms with Crippen LogP contribution >= 0.6 is 12.2 Å². The zero-order chi connectivity index (χ0) is 28.1. The molecule has 7 nitrogen and oxygen atoms in total. The normalized spacial score (nSPS) is 14.1. The molecule has 208 valence electrons. The minimum absolute atomic E-state index is 0.367. The van der Waals surface area contributed by atoms with Crippen LogP contribution in [0.5, 0.6) is 23.0 Å². The molecule has 0 atom stereocenters. The number of pyridine rings is 1. The van der Waals surface area contributed by atoms with Crippen molar-refractivity contribution in [2.24, 2.45) is 0 Å². The number of benzene rings is 3. The molecule has 0 aliphatic carbocycles. The van der Waals surface area contributed by atoms with Gasteiger partial charge in [0.05, 0.1) is 19.7 Å². The van der Waals surface area contributed by atoms with Gasteiger partial charge in [0.2, 0.25) is 0 Å². The molecule has 1 aliphatic rings. The molecule has 0 unspecified atom stereocenters. The topological polar surface area (TPSA) is 67.9 Å². The quantitative estimate of drug-likeness (QED) is 0.235. The highest BCUT2D eigenvalue weighted by molar-refractivity contribution is 7.80. The number of nitrogens with zero attached hydrogens (tertiary/aromatic N) is 2. The second-order valence-corrected chi connectivity index (χ2v) is 10.5. The number of thiocarbonyl (C=S) groups is 1. The van der Waals surface area contributed by atoms with Gasteiger partial charge in [-0.3, -0.25) is 9.88 Å². The van der Waals surface area contributed by atoms with Crippen molar-refractivity contribution in [1.29, 1.82) is 0 Å². The summed E-state index contributed by atoms with van der Waals surface area (Å²) in [5.41, 5.74) is 5.21. The fraction of sp³-hybridized carbons (Fsp3) is 0.312. The first-order valence-electron chi connectivity index (χ1n) is 13.6. The number of piperidine rings is 1. The molecule has 0 spiro atoms. The smallest absolute Gasteiger partial charge is 0.171 e. The van der Waals surface area contributed by atoms with Crippen molar-refractivity contribution < 1.29 is 14.2 Å². The van der Waals surface area contributed by atoms with Gasteiger partial charge in [0.15, 0.2) is 16.6 Å². The van der Waals surface area contributed by atoms with E-state index in [0.29, 0.717) is 28.4 Å². The van der Waals surface area contributed by atoms with Crippen LogP contribution < -0.4 is 24.8 Å². The molecule has 4 aromatic rings. The highest BCUT2D eigenvalue weighted by atomic mass is 32.1. The van der Waals surface area contributed by atoms with Crippen molar-refractivity contribution in [1.82, 2.24) is 15.2 Å². The number of rotatable bonds is 8. The fourth-order valence-corrected chi connectivity index (χ4v) is 5.39. The van der Waals surface area contributed by atoms with Crippen LogP contribution in [0.2, 0.25) is 0 Å². The van der Waals surface area contributed by atoms with Crippen molar-refractivity contribution in [3.05, 3.63) is 83.6 Å². The van der Waals surface area contributed by atoms with E-state index < -0.39 is 0 Å². The highest BCUT2D eigenvalue weighted by Gasteiger charge is 2.20. The van der Waals surface area contributed by atoms with Crippen LogP contribution in [0.1, 0.15) is 29.5 Å². The second kappa shape index (κ2) is 12.5. The molecule has 0 radical (unpaired) electrons. The summed E-state index contributed by atoms with van der Waals surface area (Å²) in [5, 5.41) is 8.43. The second-order valence-electron chi connectivity index (χ2n) is 10.1. The molecule has 0 saturated carbocycles. The van der Waals surface area contributed by atoms with Gasteiger partial charge in [-0.15, -0.1) is 0 Å². The van der Waals surface area contributed by atoms with E-state index >= 15 is 0 Å². The average molecular weight is 557 g/mol. The Bertz CT molecular complexity index is 1490. The minimum atomic E-state index is 0.367. The van der Waals surface area contributed by atoms with Gasteiger partial charge < -0.3 is 24.8 Å². The number of likely N-dealkylation sites (tertiary alicyclic amines) is 1. The lowest BCUT2D eigenvalue weighted by Gasteiger charge is -2.33. The maximum atomic E-state index is 6.39. The van der Waals surface area contributed by atoms with E-state index in [1.807, 2.05) is 30.3 Å². The van der Waals surface area contributed by atoms with Gasteiger partial charge in [0.1, 0.15) is 11.5 Å². The Kier molecular flexibility index (Phi) is 8.67. The zero-order valence-corrected chi connectivity index (χ0v) is 24.3. The van der Waals surface area contributed by atoms with Crippen molar-refractivity contribution in [3.63, 3.8) is 0 Å². The first-order valence-corrected chi connectivity index (χ1v) is 14.0. The zero-order valence-electron chi connectivity index (χ0n) is 23.5. The molecule has 0 bridgehead atoms. The van der Waals surface area contributed by atoms with E-state index in [-0.39, 0.29) is 0 Å². The van der Waals surface area contributed by atoms with Crippen LogP contribution in [0, 0.1) is 13.8 Å². The highest BCUT2D eigenvalue weighted by Crippen LogP contribution is 2.38. The van der Waals surface area contributed by atoms with E-state index in [0.717, 1.165) is 65.9 Å². The molecule has 1 aromatic heterocycles. The molecule has 2 heterocycles. The first kappa shape index (κ1) is 27.7. The lowest BCUT2D eigenvalue weighted by molar-refractivity contribution is 0.199. The SMILES string of the molecule is COc1cc2nccc(Oc3ccc(NC(=S)NC4CCN(Cc5ccccc5)CC4)c(C)c3C)c2cc1OC. The molecule has 2 N–H and O–H groups in total. The summed E-state index contributed by atoms with van der Waals surface area (Å²) in [7, 11) is 3.23. The summed E-state index contributed by atoms with van der Waals surface area (Å²) in [6.45, 7) is 7.25. The molecule has 1 fully saturated rings. The Morgan fingerprint density at radius 3 is 2.35 bits per heavy atom. The van der Waals surface area contributed by atoms with Crippen LogP contribution in [-0.2, 0) is 6.54 Å². The maximum Gasteiger partial charge on any atom is 0.171 e. The molecular formula is C32H36N4O3S. The summed E-state index contributed by atoms with van der Waals surface area (Å²) in [5.74, 6) is 2.73. The van der Waals surface area contributed by atoms with Gasteiger partial charge in [-0.05, 0) is 79.9 Å². The van der Waals surface area contributed by atoms with Crippen LogP contribution in [0.25, 0.3) is 10.9 Å². The molecule has 5 rings (SSSR count). The number of hydrogen-bond donors (Lipinski definition) is 2. The Hall–Kier alpha value is -3.88. The molecule has 1 aliphatic heterocycles. The standard InChI is InChI=1S/C32H36N4O3S/c1-21-22(2)28(39-29-12-15-33-27-19-31(38-4)30(37-3)18-25(27)29)11-10-26(21)35-32(40)34-24-13-16-36(17-14-24)20-23-8-6-5-7-9-23/h5-12,15,18-19,24H,13-14,16-17,20H2,1-4H3,(H2,34,35,40).